The van der Waals surface area contributed by atoms with Gasteiger partial charge in [0.15, 0.2) is 0 Å². The Balaban J connectivity index is 2.41. The molecule has 0 aliphatic carbocycles. The van der Waals surface area contributed by atoms with Gasteiger partial charge in [-0.25, -0.2) is 4.98 Å². The summed E-state index contributed by atoms with van der Waals surface area (Å²) in [4.78, 5) is 17.9. The largest absolute Gasteiger partial charge is 0.383 e. The molecule has 0 radical (unpaired) electrons. The van der Waals surface area contributed by atoms with Crippen molar-refractivity contribution >= 4 is 33.4 Å². The van der Waals surface area contributed by atoms with Crippen molar-refractivity contribution in [2.24, 2.45) is 0 Å². The molecule has 0 aliphatic heterocycles. The van der Waals surface area contributed by atoms with E-state index in [9.17, 15) is 4.79 Å². The number of halogens is 2. The molecule has 0 saturated carbocycles. The average molecular weight is 351 g/mol. The van der Waals surface area contributed by atoms with E-state index in [1.165, 1.54) is 0 Å². The highest BCUT2D eigenvalue weighted by molar-refractivity contribution is 9.10. The highest BCUT2D eigenvalue weighted by atomic mass is 79.9. The molecule has 1 aromatic rings. The van der Waals surface area contributed by atoms with Crippen molar-refractivity contribution in [3.8, 4) is 0 Å². The van der Waals surface area contributed by atoms with Crippen LogP contribution in [0, 0.1) is 0 Å². The lowest BCUT2D eigenvalue weighted by atomic mass is 10.2. The van der Waals surface area contributed by atoms with Crippen LogP contribution in [0.4, 0.5) is 0 Å². The van der Waals surface area contributed by atoms with Crippen LogP contribution in [0.25, 0.3) is 0 Å². The third-order valence-corrected chi connectivity index (χ3v) is 3.24. The van der Waals surface area contributed by atoms with Crippen LogP contribution >= 0.6 is 27.5 Å². The third-order valence-electron chi connectivity index (χ3n) is 2.51. The van der Waals surface area contributed by atoms with Gasteiger partial charge >= 0.3 is 0 Å². The molecule has 0 spiro atoms. The summed E-state index contributed by atoms with van der Waals surface area (Å²) in [6, 6.07) is 1.65. The Hall–Kier alpha value is -0.690. The number of aromatic nitrogens is 1. The first-order valence-electron chi connectivity index (χ1n) is 5.81. The minimum atomic E-state index is -0.223. The molecule has 0 aliphatic rings. The fraction of sp³-hybridized carbons (Fsp3) is 0.500. The topological polar surface area (TPSA) is 54.5 Å². The summed E-state index contributed by atoms with van der Waals surface area (Å²) < 4.78 is 5.70. The van der Waals surface area contributed by atoms with Crippen molar-refractivity contribution in [3.63, 3.8) is 0 Å². The van der Waals surface area contributed by atoms with Gasteiger partial charge in [-0.15, -0.1) is 0 Å². The fourth-order valence-corrected chi connectivity index (χ4v) is 1.92. The molecule has 0 fully saturated rings. The molecule has 106 valence electrons. The van der Waals surface area contributed by atoms with Gasteiger partial charge < -0.3 is 15.0 Å². The number of nitrogens with zero attached hydrogens (tertiary/aromatic N) is 2. The molecule has 0 atom stereocenters. The van der Waals surface area contributed by atoms with Crippen LogP contribution in [0.2, 0.25) is 5.15 Å². The second-order valence-corrected chi connectivity index (χ2v) is 5.32. The second-order valence-electron chi connectivity index (χ2n) is 4.04. The predicted molar refractivity (Wildman–Crippen MR) is 78.7 cm³/mol. The lowest BCUT2D eigenvalue weighted by Gasteiger charge is -2.16. The van der Waals surface area contributed by atoms with Crippen LogP contribution < -0.4 is 5.32 Å². The van der Waals surface area contributed by atoms with Gasteiger partial charge in [0.2, 0.25) is 0 Å². The summed E-state index contributed by atoms with van der Waals surface area (Å²) in [6.45, 7) is 2.79. The standard InChI is InChI=1S/C12H17BrClN3O2/c1-17(5-6-19-2)4-3-15-12(18)10-7-9(13)8-16-11(10)14/h7-8H,3-6H2,1-2H3,(H,15,18). The fourth-order valence-electron chi connectivity index (χ4n) is 1.40. The van der Waals surface area contributed by atoms with Crippen molar-refractivity contribution in [2.75, 3.05) is 40.4 Å². The van der Waals surface area contributed by atoms with Gasteiger partial charge in [-0.1, -0.05) is 11.6 Å². The number of methoxy groups -OCH3 is 1. The number of ether oxygens (including phenoxy) is 1. The summed E-state index contributed by atoms with van der Waals surface area (Å²) in [6.07, 6.45) is 1.55. The van der Waals surface area contributed by atoms with E-state index in [1.807, 2.05) is 7.05 Å². The zero-order valence-corrected chi connectivity index (χ0v) is 13.3. The summed E-state index contributed by atoms with van der Waals surface area (Å²) >= 11 is 9.14. The van der Waals surface area contributed by atoms with Crippen molar-refractivity contribution in [2.45, 2.75) is 0 Å². The van der Waals surface area contributed by atoms with E-state index in [1.54, 1.807) is 19.4 Å². The number of amides is 1. The van der Waals surface area contributed by atoms with Crippen LogP contribution in [0.1, 0.15) is 10.4 Å². The van der Waals surface area contributed by atoms with Crippen LogP contribution in [0.5, 0.6) is 0 Å². The zero-order valence-electron chi connectivity index (χ0n) is 10.9. The van der Waals surface area contributed by atoms with E-state index in [4.69, 9.17) is 16.3 Å². The quantitative estimate of drug-likeness (QED) is 0.762. The van der Waals surface area contributed by atoms with E-state index >= 15 is 0 Å². The van der Waals surface area contributed by atoms with Gasteiger partial charge in [0.25, 0.3) is 5.91 Å². The first kappa shape index (κ1) is 16.4. The SMILES string of the molecule is COCCN(C)CCNC(=O)c1cc(Br)cnc1Cl. The van der Waals surface area contributed by atoms with Gasteiger partial charge in [0, 0.05) is 37.4 Å². The number of hydrogen-bond donors (Lipinski definition) is 1. The minimum absolute atomic E-state index is 0.202. The maximum Gasteiger partial charge on any atom is 0.254 e. The number of nitrogens with one attached hydrogen (secondary N) is 1. The Morgan fingerprint density at radius 3 is 3.00 bits per heavy atom. The molecule has 19 heavy (non-hydrogen) atoms. The Kier molecular flexibility index (Phi) is 7.30. The zero-order chi connectivity index (χ0) is 14.3. The Morgan fingerprint density at radius 1 is 1.58 bits per heavy atom. The Labute approximate surface area is 126 Å². The van der Waals surface area contributed by atoms with Crippen molar-refractivity contribution in [3.05, 3.63) is 27.5 Å². The Morgan fingerprint density at radius 2 is 2.32 bits per heavy atom. The highest BCUT2D eigenvalue weighted by Gasteiger charge is 2.11. The molecule has 1 N–H and O–H groups in total. The molecule has 1 heterocycles. The van der Waals surface area contributed by atoms with Gasteiger partial charge in [0.05, 0.1) is 12.2 Å². The maximum atomic E-state index is 11.9. The number of carbonyl (C=O) groups excluding carboxylic acids is 1. The first-order valence-corrected chi connectivity index (χ1v) is 6.98. The van der Waals surface area contributed by atoms with E-state index in [0.29, 0.717) is 18.7 Å². The monoisotopic (exact) mass is 349 g/mol. The molecule has 0 unspecified atom stereocenters. The predicted octanol–water partition coefficient (Wildman–Crippen LogP) is 1.81. The second kappa shape index (κ2) is 8.47. The normalized spacial score (nSPS) is 10.8. The maximum absolute atomic E-state index is 11.9. The number of carbonyl (C=O) groups is 1. The first-order chi connectivity index (χ1) is 9.04. The molecule has 0 bridgehead atoms. The van der Waals surface area contributed by atoms with Gasteiger partial charge in [0.1, 0.15) is 5.15 Å². The van der Waals surface area contributed by atoms with E-state index < -0.39 is 0 Å². The van der Waals surface area contributed by atoms with E-state index in [2.05, 4.69) is 31.1 Å². The lowest BCUT2D eigenvalue weighted by molar-refractivity contribution is 0.0947. The molecule has 1 amide bonds. The molecule has 0 saturated heterocycles. The number of pyridine rings is 1. The third kappa shape index (κ3) is 5.86. The van der Waals surface area contributed by atoms with Crippen molar-refractivity contribution < 1.29 is 9.53 Å². The molecule has 7 heteroatoms. The lowest BCUT2D eigenvalue weighted by Crippen LogP contribution is -2.34. The number of hydrogen-bond acceptors (Lipinski definition) is 4. The minimum Gasteiger partial charge on any atom is -0.383 e. The van der Waals surface area contributed by atoms with E-state index in [0.717, 1.165) is 17.6 Å². The molecule has 0 aromatic carbocycles. The highest BCUT2D eigenvalue weighted by Crippen LogP contribution is 2.17. The molecule has 5 nitrogen and oxygen atoms in total. The van der Waals surface area contributed by atoms with Crippen LogP contribution in [-0.2, 0) is 4.74 Å². The molecule has 1 aromatic heterocycles. The summed E-state index contributed by atoms with van der Waals surface area (Å²) in [5, 5.41) is 3.01. The van der Waals surface area contributed by atoms with Crippen LogP contribution in [0.15, 0.2) is 16.7 Å². The molecular formula is C12H17BrClN3O2. The van der Waals surface area contributed by atoms with Gasteiger partial charge in [-0.3, -0.25) is 4.79 Å². The summed E-state index contributed by atoms with van der Waals surface area (Å²) in [7, 11) is 3.64. The smallest absolute Gasteiger partial charge is 0.254 e. The molecule has 1 rings (SSSR count). The van der Waals surface area contributed by atoms with Gasteiger partial charge in [-0.2, -0.15) is 0 Å². The Bertz CT molecular complexity index is 431. The van der Waals surface area contributed by atoms with Gasteiger partial charge in [-0.05, 0) is 29.0 Å². The van der Waals surface area contributed by atoms with Crippen molar-refractivity contribution in [1.82, 2.24) is 15.2 Å². The number of likely N-dealkylation sites (N-methyl/N-ethyl adjacent to an activating group) is 1. The number of rotatable bonds is 7. The molecular weight excluding hydrogens is 334 g/mol. The summed E-state index contributed by atoms with van der Waals surface area (Å²) in [5.74, 6) is -0.223. The summed E-state index contributed by atoms with van der Waals surface area (Å²) in [5.41, 5.74) is 0.371. The average Bonchev–Trinajstić information content (AvgIpc) is 2.39. The van der Waals surface area contributed by atoms with Crippen LogP contribution in [-0.4, -0.2) is 56.2 Å². The van der Waals surface area contributed by atoms with Crippen LogP contribution in [0.3, 0.4) is 0 Å². The van der Waals surface area contributed by atoms with Crippen molar-refractivity contribution in [1.29, 1.82) is 0 Å². The van der Waals surface area contributed by atoms with E-state index in [-0.39, 0.29) is 11.1 Å².